The predicted molar refractivity (Wildman–Crippen MR) is 81.7 cm³/mol. The summed E-state index contributed by atoms with van der Waals surface area (Å²) in [7, 11) is 0. The maximum atomic E-state index is 6.09. The lowest BCUT2D eigenvalue weighted by molar-refractivity contribution is 0.474. The highest BCUT2D eigenvalue weighted by molar-refractivity contribution is 6.31. The van der Waals surface area contributed by atoms with Crippen LogP contribution in [0.2, 0.25) is 5.02 Å². The van der Waals surface area contributed by atoms with Crippen LogP contribution in [0.1, 0.15) is 38.9 Å². The van der Waals surface area contributed by atoms with Crippen molar-refractivity contribution in [2.75, 3.05) is 6.54 Å². The first-order chi connectivity index (χ1) is 9.06. The molecule has 2 aromatic rings. The molecule has 0 saturated carbocycles. The average Bonchev–Trinajstić information content (AvgIpc) is 2.73. The smallest absolute Gasteiger partial charge is 0.114 e. The third-order valence-corrected chi connectivity index (χ3v) is 3.70. The summed E-state index contributed by atoms with van der Waals surface area (Å²) in [6, 6.07) is 5.86. The molecular weight excluding hydrogens is 258 g/mol. The van der Waals surface area contributed by atoms with Gasteiger partial charge < -0.3 is 10.3 Å². The Kier molecular flexibility index (Phi) is 4.48. The molecule has 0 amide bonds. The van der Waals surface area contributed by atoms with Gasteiger partial charge in [0.1, 0.15) is 5.82 Å². The lowest BCUT2D eigenvalue weighted by atomic mass is 9.96. The third-order valence-electron chi connectivity index (χ3n) is 3.46. The van der Waals surface area contributed by atoms with Gasteiger partial charge in [-0.3, -0.25) is 0 Å². The highest BCUT2D eigenvalue weighted by atomic mass is 35.5. The minimum atomic E-state index is 0.311. The second-order valence-corrected chi connectivity index (χ2v) is 5.85. The summed E-state index contributed by atoms with van der Waals surface area (Å²) in [6.07, 6.45) is 1.06. The Morgan fingerprint density at radius 2 is 2.11 bits per heavy atom. The summed E-state index contributed by atoms with van der Waals surface area (Å²) >= 11 is 6.09. The maximum Gasteiger partial charge on any atom is 0.114 e. The number of hydrogen-bond donors (Lipinski definition) is 1. The second-order valence-electron chi connectivity index (χ2n) is 5.41. The van der Waals surface area contributed by atoms with Crippen molar-refractivity contribution in [3.05, 3.63) is 29.0 Å². The largest absolute Gasteiger partial charge is 0.330 e. The molecule has 3 nitrogen and oxygen atoms in total. The van der Waals surface area contributed by atoms with E-state index < -0.39 is 0 Å². The lowest BCUT2D eigenvalue weighted by Crippen LogP contribution is -2.19. The van der Waals surface area contributed by atoms with Crippen LogP contribution in [-0.4, -0.2) is 16.1 Å². The Labute approximate surface area is 119 Å². The first kappa shape index (κ1) is 14.4. The topological polar surface area (TPSA) is 43.8 Å². The molecule has 0 aliphatic carbocycles. The first-order valence-corrected chi connectivity index (χ1v) is 7.30. The van der Waals surface area contributed by atoms with Crippen molar-refractivity contribution >= 4 is 22.6 Å². The summed E-state index contributed by atoms with van der Waals surface area (Å²) in [6.45, 7) is 8.10. The van der Waals surface area contributed by atoms with Crippen LogP contribution in [0.25, 0.3) is 11.0 Å². The van der Waals surface area contributed by atoms with E-state index in [1.165, 1.54) is 0 Å². The van der Waals surface area contributed by atoms with Crippen molar-refractivity contribution in [1.82, 2.24) is 9.55 Å². The molecule has 0 aliphatic rings. The Balaban J connectivity index is 2.52. The highest BCUT2D eigenvalue weighted by Crippen LogP contribution is 2.27. The van der Waals surface area contributed by atoms with E-state index in [0.717, 1.165) is 34.8 Å². The maximum absolute atomic E-state index is 6.09. The monoisotopic (exact) mass is 279 g/mol. The molecule has 1 atom stereocenters. The van der Waals surface area contributed by atoms with Gasteiger partial charge in [-0.15, -0.1) is 0 Å². The number of hydrogen-bond acceptors (Lipinski definition) is 2. The number of imidazole rings is 1. The van der Waals surface area contributed by atoms with Gasteiger partial charge in [-0.05, 0) is 37.5 Å². The number of nitrogens with two attached hydrogens (primary N) is 1. The second kappa shape index (κ2) is 5.93. The van der Waals surface area contributed by atoms with Gasteiger partial charge in [0.2, 0.25) is 0 Å². The summed E-state index contributed by atoms with van der Waals surface area (Å²) in [5.41, 5.74) is 8.06. The zero-order valence-electron chi connectivity index (χ0n) is 11.9. The number of fused-ring (bicyclic) bond motifs is 1. The van der Waals surface area contributed by atoms with E-state index in [0.29, 0.717) is 18.4 Å². The van der Waals surface area contributed by atoms with E-state index in [1.807, 2.05) is 18.2 Å². The average molecular weight is 280 g/mol. The van der Waals surface area contributed by atoms with Crippen LogP contribution in [-0.2, 0) is 6.54 Å². The summed E-state index contributed by atoms with van der Waals surface area (Å²) in [5, 5.41) is 0.752. The molecule has 19 heavy (non-hydrogen) atoms. The molecule has 1 unspecified atom stereocenters. The van der Waals surface area contributed by atoms with E-state index in [1.54, 1.807) is 0 Å². The van der Waals surface area contributed by atoms with Gasteiger partial charge in [-0.1, -0.05) is 25.4 Å². The predicted octanol–water partition coefficient (Wildman–Crippen LogP) is 3.80. The van der Waals surface area contributed by atoms with E-state index in [2.05, 4.69) is 25.3 Å². The van der Waals surface area contributed by atoms with Gasteiger partial charge >= 0.3 is 0 Å². The van der Waals surface area contributed by atoms with Crippen LogP contribution in [0.4, 0.5) is 0 Å². The molecule has 2 N–H and O–H groups in total. The van der Waals surface area contributed by atoms with Crippen molar-refractivity contribution in [2.24, 2.45) is 11.7 Å². The van der Waals surface area contributed by atoms with Crippen molar-refractivity contribution in [3.8, 4) is 0 Å². The van der Waals surface area contributed by atoms with Gasteiger partial charge in [0, 0.05) is 24.0 Å². The standard InChI is InChI=1S/C15H22ClN3/c1-4-19-14-8-12(16)5-6-13(14)18-15(19)11(9-17)7-10(2)3/h5-6,8,10-11H,4,7,9,17H2,1-3H3. The molecule has 0 spiro atoms. The Hall–Kier alpha value is -1.06. The van der Waals surface area contributed by atoms with Crippen LogP contribution >= 0.6 is 11.6 Å². The number of rotatable bonds is 5. The molecule has 1 aromatic heterocycles. The zero-order chi connectivity index (χ0) is 14.0. The molecule has 104 valence electrons. The Morgan fingerprint density at radius 1 is 1.37 bits per heavy atom. The van der Waals surface area contributed by atoms with Crippen LogP contribution in [0.5, 0.6) is 0 Å². The summed E-state index contributed by atoms with van der Waals surface area (Å²) < 4.78 is 2.24. The molecule has 0 radical (unpaired) electrons. The fraction of sp³-hybridized carbons (Fsp3) is 0.533. The fourth-order valence-corrected chi connectivity index (χ4v) is 2.80. The number of aromatic nitrogens is 2. The normalized spacial score (nSPS) is 13.4. The number of nitrogens with zero attached hydrogens (tertiary/aromatic N) is 2. The van der Waals surface area contributed by atoms with Crippen molar-refractivity contribution in [3.63, 3.8) is 0 Å². The molecule has 0 saturated heterocycles. The SMILES string of the molecule is CCn1c(C(CN)CC(C)C)nc2ccc(Cl)cc21. The van der Waals surface area contributed by atoms with Gasteiger partial charge in [0.15, 0.2) is 0 Å². The molecule has 2 rings (SSSR count). The van der Waals surface area contributed by atoms with Gasteiger partial charge in [-0.25, -0.2) is 4.98 Å². The molecular formula is C15H22ClN3. The molecule has 0 fully saturated rings. The molecule has 0 aliphatic heterocycles. The van der Waals surface area contributed by atoms with Crippen molar-refractivity contribution in [2.45, 2.75) is 39.7 Å². The van der Waals surface area contributed by atoms with Crippen molar-refractivity contribution < 1.29 is 0 Å². The molecule has 0 bridgehead atoms. The minimum Gasteiger partial charge on any atom is -0.330 e. The molecule has 1 aromatic carbocycles. The van der Waals surface area contributed by atoms with E-state index in [-0.39, 0.29) is 0 Å². The third kappa shape index (κ3) is 2.93. The van der Waals surface area contributed by atoms with E-state index in [4.69, 9.17) is 22.3 Å². The first-order valence-electron chi connectivity index (χ1n) is 6.92. The van der Waals surface area contributed by atoms with Gasteiger partial charge in [0.25, 0.3) is 0 Å². The Bertz CT molecular complexity index is 560. The molecule has 4 heteroatoms. The number of aryl methyl sites for hydroxylation is 1. The van der Waals surface area contributed by atoms with Crippen molar-refractivity contribution in [1.29, 1.82) is 0 Å². The van der Waals surface area contributed by atoms with Crippen LogP contribution < -0.4 is 5.73 Å². The quantitative estimate of drug-likeness (QED) is 0.905. The van der Waals surface area contributed by atoms with Crippen LogP contribution in [0.3, 0.4) is 0 Å². The Morgan fingerprint density at radius 3 is 2.68 bits per heavy atom. The highest BCUT2D eigenvalue weighted by Gasteiger charge is 2.19. The van der Waals surface area contributed by atoms with E-state index >= 15 is 0 Å². The minimum absolute atomic E-state index is 0.311. The molecule has 1 heterocycles. The summed E-state index contributed by atoms with van der Waals surface area (Å²) in [4.78, 5) is 4.77. The fourth-order valence-electron chi connectivity index (χ4n) is 2.63. The summed E-state index contributed by atoms with van der Waals surface area (Å²) in [5.74, 6) is 2.02. The van der Waals surface area contributed by atoms with E-state index in [9.17, 15) is 0 Å². The number of halogens is 1. The zero-order valence-corrected chi connectivity index (χ0v) is 12.6. The van der Waals surface area contributed by atoms with Crippen LogP contribution in [0.15, 0.2) is 18.2 Å². The van der Waals surface area contributed by atoms with Crippen LogP contribution in [0, 0.1) is 5.92 Å². The van der Waals surface area contributed by atoms with Gasteiger partial charge in [-0.2, -0.15) is 0 Å². The van der Waals surface area contributed by atoms with Gasteiger partial charge in [0.05, 0.1) is 11.0 Å². The number of benzene rings is 1. The lowest BCUT2D eigenvalue weighted by Gasteiger charge is -2.18.